The summed E-state index contributed by atoms with van der Waals surface area (Å²) in [6, 6.07) is 18.1. The fourth-order valence-corrected chi connectivity index (χ4v) is 3.02. The van der Waals surface area contributed by atoms with Gasteiger partial charge < -0.3 is 0 Å². The quantitative estimate of drug-likeness (QED) is 0.264. The first-order chi connectivity index (χ1) is 12.5. The van der Waals surface area contributed by atoms with Crippen molar-refractivity contribution in [3.05, 3.63) is 83.5 Å². The summed E-state index contributed by atoms with van der Waals surface area (Å²) >= 11 is 1.45. The summed E-state index contributed by atoms with van der Waals surface area (Å²) in [5.41, 5.74) is 7.15. The Kier molecular flexibility index (Phi) is 9.01. The number of fused-ring (bicyclic) bond motifs is 3. The molecule has 0 bridgehead atoms. The molecular formula is C24H28HfSi. The normalized spacial score (nSPS) is 15.8. The minimum Gasteiger partial charge on any atom is -0.179 e. The van der Waals surface area contributed by atoms with Crippen LogP contribution in [0, 0.1) is 18.1 Å². The third kappa shape index (κ3) is 6.31. The predicted octanol–water partition coefficient (Wildman–Crippen LogP) is 6.56. The van der Waals surface area contributed by atoms with Gasteiger partial charge in [0.2, 0.25) is 0 Å². The third-order valence-corrected chi connectivity index (χ3v) is 4.34. The second kappa shape index (κ2) is 11.0. The van der Waals surface area contributed by atoms with Crippen LogP contribution in [-0.4, -0.2) is 5.49 Å². The van der Waals surface area contributed by atoms with Gasteiger partial charge in [-0.05, 0) is 6.42 Å². The van der Waals surface area contributed by atoms with Crippen molar-refractivity contribution in [3.63, 3.8) is 0 Å². The first-order valence-electron chi connectivity index (χ1n) is 9.45. The first-order valence-corrected chi connectivity index (χ1v) is 17.3. The van der Waals surface area contributed by atoms with Crippen LogP contribution in [-0.2, 0) is 29.4 Å². The Morgan fingerprint density at radius 3 is 2.38 bits per heavy atom. The zero-order valence-electron chi connectivity index (χ0n) is 16.4. The molecule has 132 valence electrons. The van der Waals surface area contributed by atoms with Crippen LogP contribution < -0.4 is 0 Å². The van der Waals surface area contributed by atoms with Crippen LogP contribution in [0.1, 0.15) is 37.8 Å². The van der Waals surface area contributed by atoms with E-state index < -0.39 is 0 Å². The van der Waals surface area contributed by atoms with Gasteiger partial charge in [-0.15, -0.1) is 5.56 Å². The topological polar surface area (TPSA) is 0 Å². The molecule has 0 radical (unpaired) electrons. The van der Waals surface area contributed by atoms with Crippen molar-refractivity contribution in [2.24, 2.45) is 5.92 Å². The maximum Gasteiger partial charge on any atom is -0.0253 e. The van der Waals surface area contributed by atoms with Gasteiger partial charge in [0.25, 0.3) is 0 Å². The monoisotopic (exact) mass is 524 g/mol. The van der Waals surface area contributed by atoms with Crippen molar-refractivity contribution in [1.82, 2.24) is 0 Å². The van der Waals surface area contributed by atoms with E-state index in [1.54, 1.807) is 0 Å². The molecule has 0 amide bonds. The molecule has 0 saturated heterocycles. The van der Waals surface area contributed by atoms with Gasteiger partial charge in [-0.3, -0.25) is 6.08 Å². The Morgan fingerprint density at radius 1 is 1.08 bits per heavy atom. The Bertz CT molecular complexity index is 754. The zero-order valence-corrected chi connectivity index (χ0v) is 21.0. The molecule has 0 spiro atoms. The van der Waals surface area contributed by atoms with E-state index >= 15 is 0 Å². The molecule has 1 atom stereocenters. The van der Waals surface area contributed by atoms with Crippen LogP contribution in [0.3, 0.4) is 0 Å². The van der Waals surface area contributed by atoms with Gasteiger partial charge in [0.15, 0.2) is 0 Å². The van der Waals surface area contributed by atoms with E-state index in [1.165, 1.54) is 57.2 Å². The van der Waals surface area contributed by atoms with Crippen molar-refractivity contribution in [1.29, 1.82) is 0 Å². The van der Waals surface area contributed by atoms with E-state index in [2.05, 4.69) is 87.6 Å². The van der Waals surface area contributed by atoms with Crippen LogP contribution in [0.15, 0.2) is 60.2 Å². The zero-order chi connectivity index (χ0) is 18.9. The van der Waals surface area contributed by atoms with E-state index in [0.717, 1.165) is 12.8 Å². The summed E-state index contributed by atoms with van der Waals surface area (Å²) in [6.07, 6.45) is 11.2. The summed E-state index contributed by atoms with van der Waals surface area (Å²) in [7, 11) is 0. The van der Waals surface area contributed by atoms with Crippen molar-refractivity contribution in [3.8, 4) is 11.1 Å². The summed E-state index contributed by atoms with van der Waals surface area (Å²) in [6.45, 7) is 9.03. The smallest absolute Gasteiger partial charge is 0.0253 e. The molecule has 1 unspecified atom stereocenters. The van der Waals surface area contributed by atoms with Gasteiger partial charge in [0, 0.05) is 0 Å². The summed E-state index contributed by atoms with van der Waals surface area (Å²) in [4.78, 5) is 0. The van der Waals surface area contributed by atoms with Gasteiger partial charge in [0.1, 0.15) is 0 Å². The average molecular weight is 523 g/mol. The second-order valence-corrected chi connectivity index (χ2v) is 19.6. The van der Waals surface area contributed by atoms with E-state index in [0.29, 0.717) is 5.92 Å². The van der Waals surface area contributed by atoms with Gasteiger partial charge in [-0.2, -0.15) is 35.9 Å². The molecule has 0 aromatic heterocycles. The van der Waals surface area contributed by atoms with Gasteiger partial charge in [-0.1, -0.05) is 68.0 Å². The molecule has 0 fully saturated rings. The molecule has 0 saturated carbocycles. The fourth-order valence-electron chi connectivity index (χ4n) is 3.02. The molecule has 2 aromatic carbocycles. The number of hydrogen-bond acceptors (Lipinski definition) is 0. The molecule has 4 rings (SSSR count). The fraction of sp³-hybridized carbons (Fsp3) is 0.333. The second-order valence-electron chi connectivity index (χ2n) is 6.79. The predicted molar refractivity (Wildman–Crippen MR) is 111 cm³/mol. The maximum absolute atomic E-state index is 3.40. The van der Waals surface area contributed by atoms with Crippen LogP contribution >= 0.6 is 0 Å². The minimum atomic E-state index is 0.259. The molecule has 0 nitrogen and oxygen atoms in total. The molecule has 2 aliphatic rings. The van der Waals surface area contributed by atoms with Crippen LogP contribution in [0.2, 0.25) is 13.1 Å². The summed E-state index contributed by atoms with van der Waals surface area (Å²) in [5, 5.41) is 0. The van der Waals surface area contributed by atoms with Crippen molar-refractivity contribution >= 4 is 5.49 Å². The molecule has 0 N–H and O–H groups in total. The minimum absolute atomic E-state index is 0.259. The van der Waals surface area contributed by atoms with Crippen molar-refractivity contribution < 1.29 is 23.0 Å². The number of benzene rings is 2. The molecule has 26 heavy (non-hydrogen) atoms. The van der Waals surface area contributed by atoms with Crippen LogP contribution in [0.4, 0.5) is 0 Å². The van der Waals surface area contributed by atoms with Crippen molar-refractivity contribution in [2.45, 2.75) is 46.2 Å². The third-order valence-electron chi connectivity index (χ3n) is 4.34. The van der Waals surface area contributed by atoms with E-state index in [1.807, 2.05) is 6.07 Å². The molecule has 2 aromatic rings. The summed E-state index contributed by atoms with van der Waals surface area (Å²) in [5.74, 6) is 0.611. The van der Waals surface area contributed by atoms with Gasteiger partial charge >= 0.3 is 41.6 Å². The maximum atomic E-state index is 3.40. The SMILES string of the molecule is CCC1=[C-]C(CC)C=C1.C[Si](C)=[Hf+2].[c-]1cccc2c1Cc1ccccc1-2. The van der Waals surface area contributed by atoms with Crippen LogP contribution in [0.25, 0.3) is 11.1 Å². The van der Waals surface area contributed by atoms with E-state index in [9.17, 15) is 0 Å². The number of hydrogen-bond donors (Lipinski definition) is 0. The Labute approximate surface area is 174 Å². The molecule has 2 heteroatoms. The number of allylic oxidation sites excluding steroid dienone is 4. The molecule has 0 aliphatic heterocycles. The van der Waals surface area contributed by atoms with E-state index in [-0.39, 0.29) is 5.49 Å². The number of rotatable bonds is 2. The van der Waals surface area contributed by atoms with Crippen LogP contribution in [0.5, 0.6) is 0 Å². The Morgan fingerprint density at radius 2 is 1.77 bits per heavy atom. The van der Waals surface area contributed by atoms with Gasteiger partial charge in [0.05, 0.1) is 0 Å². The molecule has 0 heterocycles. The molecule has 2 aliphatic carbocycles. The molecular weight excluding hydrogens is 495 g/mol. The van der Waals surface area contributed by atoms with Crippen molar-refractivity contribution in [2.75, 3.05) is 0 Å². The first kappa shape index (κ1) is 21.3. The largest absolute Gasteiger partial charge is 0.179 e. The Hall–Kier alpha value is -0.993. The Balaban J connectivity index is 0.000000164. The standard InChI is InChI=1S/C13H9.C9H13.C2H6Si.Hf/c1-3-7-12-10(5-1)9-11-6-2-4-8-13(11)12;1-3-8-5-6-9(4-2)7-8;1-3-2;/h1-5,7-8H,9H2;5-6,8H,3-4H2,1-2H3;1-2H3;/q2*-1;;+2. The summed E-state index contributed by atoms with van der Waals surface area (Å²) < 4.78 is 0. The van der Waals surface area contributed by atoms with Gasteiger partial charge in [-0.25, -0.2) is 11.6 Å². The average Bonchev–Trinajstić information content (AvgIpc) is 3.26. The van der Waals surface area contributed by atoms with E-state index in [4.69, 9.17) is 0 Å².